The van der Waals surface area contributed by atoms with Crippen molar-refractivity contribution < 1.29 is 14.7 Å². The molecule has 4 nitrogen and oxygen atoms in total. The molecule has 1 atom stereocenters. The summed E-state index contributed by atoms with van der Waals surface area (Å²) in [6.07, 6.45) is 0.0552. The normalized spacial score (nSPS) is 11.9. The third kappa shape index (κ3) is 4.49. The fourth-order valence-corrected chi connectivity index (χ4v) is 2.09. The van der Waals surface area contributed by atoms with E-state index in [4.69, 9.17) is 5.11 Å². The van der Waals surface area contributed by atoms with E-state index in [1.54, 1.807) is 13.0 Å². The lowest BCUT2D eigenvalue weighted by molar-refractivity contribution is -0.137. The number of hydrogen-bond donors (Lipinski definition) is 2. The number of aryl methyl sites for hydroxylation is 1. The predicted octanol–water partition coefficient (Wildman–Crippen LogP) is 2.60. The quantitative estimate of drug-likeness (QED) is 0.878. The summed E-state index contributed by atoms with van der Waals surface area (Å²) >= 11 is 3.34. The molecule has 0 spiro atoms. The summed E-state index contributed by atoms with van der Waals surface area (Å²) in [7, 11) is 0. The highest BCUT2D eigenvalue weighted by Gasteiger charge is 2.12. The lowest BCUT2D eigenvalue weighted by Gasteiger charge is -2.11. The highest BCUT2D eigenvalue weighted by Crippen LogP contribution is 2.15. The maximum absolute atomic E-state index is 11.9. The molecule has 1 aromatic carbocycles. The second-order valence-electron chi connectivity index (χ2n) is 4.37. The molecular formula is C13H16BrNO3. The molecule has 18 heavy (non-hydrogen) atoms. The number of carboxylic acid groups (broad SMARTS) is 1. The van der Waals surface area contributed by atoms with Crippen molar-refractivity contribution in [3.63, 3.8) is 0 Å². The van der Waals surface area contributed by atoms with Gasteiger partial charge in [-0.1, -0.05) is 22.9 Å². The van der Waals surface area contributed by atoms with Crippen LogP contribution in [0.25, 0.3) is 0 Å². The maximum Gasteiger partial charge on any atom is 0.303 e. The van der Waals surface area contributed by atoms with Crippen molar-refractivity contribution in [1.29, 1.82) is 0 Å². The molecule has 2 N–H and O–H groups in total. The first-order valence-electron chi connectivity index (χ1n) is 5.66. The minimum atomic E-state index is -0.850. The molecule has 0 bridgehead atoms. The number of hydrogen-bond acceptors (Lipinski definition) is 2. The van der Waals surface area contributed by atoms with Crippen LogP contribution in [0.1, 0.15) is 29.3 Å². The van der Waals surface area contributed by atoms with Gasteiger partial charge in [0.25, 0.3) is 5.91 Å². The minimum Gasteiger partial charge on any atom is -0.481 e. The molecule has 0 aliphatic carbocycles. The van der Waals surface area contributed by atoms with Crippen molar-refractivity contribution in [3.8, 4) is 0 Å². The Bertz CT molecular complexity index is 460. The molecule has 5 heteroatoms. The largest absolute Gasteiger partial charge is 0.481 e. The average molecular weight is 314 g/mol. The van der Waals surface area contributed by atoms with E-state index in [0.717, 1.165) is 10.0 Å². The monoisotopic (exact) mass is 313 g/mol. The van der Waals surface area contributed by atoms with Crippen LogP contribution in [0, 0.1) is 12.8 Å². The van der Waals surface area contributed by atoms with Crippen molar-refractivity contribution in [3.05, 3.63) is 33.8 Å². The maximum atomic E-state index is 11.9. The number of amides is 1. The summed E-state index contributed by atoms with van der Waals surface area (Å²) in [6, 6.07) is 5.43. The molecule has 1 aromatic rings. The molecule has 1 rings (SSSR count). The van der Waals surface area contributed by atoms with E-state index in [1.807, 2.05) is 19.1 Å². The standard InChI is InChI=1S/C13H16BrNO3/c1-8(5-12(16)17)7-15-13(18)11-4-3-10(14)6-9(11)2/h3-4,6,8H,5,7H2,1-2H3,(H,15,18)(H,16,17). The van der Waals surface area contributed by atoms with Gasteiger partial charge in [0.2, 0.25) is 0 Å². The average Bonchev–Trinajstić information content (AvgIpc) is 2.25. The number of aliphatic carboxylic acids is 1. The van der Waals surface area contributed by atoms with Crippen LogP contribution >= 0.6 is 15.9 Å². The third-order valence-electron chi connectivity index (χ3n) is 2.57. The van der Waals surface area contributed by atoms with Crippen LogP contribution in [0.4, 0.5) is 0 Å². The van der Waals surface area contributed by atoms with Crippen LogP contribution < -0.4 is 5.32 Å². The molecular weight excluding hydrogens is 298 g/mol. The fourth-order valence-electron chi connectivity index (χ4n) is 1.61. The molecule has 0 aromatic heterocycles. The molecule has 0 saturated heterocycles. The topological polar surface area (TPSA) is 66.4 Å². The van der Waals surface area contributed by atoms with Gasteiger partial charge in [0.1, 0.15) is 0 Å². The first-order valence-corrected chi connectivity index (χ1v) is 6.45. The van der Waals surface area contributed by atoms with Gasteiger partial charge in [-0.15, -0.1) is 0 Å². The van der Waals surface area contributed by atoms with E-state index in [2.05, 4.69) is 21.2 Å². The van der Waals surface area contributed by atoms with Gasteiger partial charge in [-0.3, -0.25) is 9.59 Å². The molecule has 0 aliphatic heterocycles. The SMILES string of the molecule is Cc1cc(Br)ccc1C(=O)NCC(C)CC(=O)O. The molecule has 0 heterocycles. The van der Waals surface area contributed by atoms with Gasteiger partial charge in [0.05, 0.1) is 0 Å². The third-order valence-corrected chi connectivity index (χ3v) is 3.06. The highest BCUT2D eigenvalue weighted by atomic mass is 79.9. The zero-order valence-electron chi connectivity index (χ0n) is 10.4. The van der Waals surface area contributed by atoms with Gasteiger partial charge in [0, 0.05) is 23.0 Å². The van der Waals surface area contributed by atoms with Gasteiger partial charge in [-0.25, -0.2) is 0 Å². The Hall–Kier alpha value is -1.36. The van der Waals surface area contributed by atoms with Crippen LogP contribution in [0.2, 0.25) is 0 Å². The summed E-state index contributed by atoms with van der Waals surface area (Å²) in [5.74, 6) is -1.10. The van der Waals surface area contributed by atoms with E-state index >= 15 is 0 Å². The van der Waals surface area contributed by atoms with Crippen molar-refractivity contribution in [2.45, 2.75) is 20.3 Å². The van der Waals surface area contributed by atoms with Crippen LogP contribution in [-0.2, 0) is 4.79 Å². The van der Waals surface area contributed by atoms with Gasteiger partial charge in [0.15, 0.2) is 0 Å². The molecule has 1 amide bonds. The number of benzene rings is 1. The second kappa shape index (κ2) is 6.54. The van der Waals surface area contributed by atoms with Crippen LogP contribution in [-0.4, -0.2) is 23.5 Å². The summed E-state index contributed by atoms with van der Waals surface area (Å²) in [5.41, 5.74) is 1.49. The molecule has 0 saturated carbocycles. The van der Waals surface area contributed by atoms with E-state index in [-0.39, 0.29) is 18.2 Å². The van der Waals surface area contributed by atoms with Crippen LogP contribution in [0.3, 0.4) is 0 Å². The highest BCUT2D eigenvalue weighted by molar-refractivity contribution is 9.10. The number of halogens is 1. The Morgan fingerprint density at radius 3 is 2.67 bits per heavy atom. The Morgan fingerprint density at radius 1 is 1.44 bits per heavy atom. The zero-order chi connectivity index (χ0) is 13.7. The lowest BCUT2D eigenvalue weighted by atomic mass is 10.1. The van der Waals surface area contributed by atoms with Gasteiger partial charge in [-0.05, 0) is 36.6 Å². The number of carboxylic acids is 1. The van der Waals surface area contributed by atoms with Gasteiger partial charge < -0.3 is 10.4 Å². The number of rotatable bonds is 5. The minimum absolute atomic E-state index is 0.0552. The van der Waals surface area contributed by atoms with Crippen LogP contribution in [0.15, 0.2) is 22.7 Å². The van der Waals surface area contributed by atoms with Crippen molar-refractivity contribution >= 4 is 27.8 Å². The summed E-state index contributed by atoms with van der Waals surface area (Å²) in [5, 5.41) is 11.4. The fraction of sp³-hybridized carbons (Fsp3) is 0.385. The molecule has 0 fully saturated rings. The summed E-state index contributed by atoms with van der Waals surface area (Å²) in [4.78, 5) is 22.4. The molecule has 98 valence electrons. The Morgan fingerprint density at radius 2 is 2.11 bits per heavy atom. The van der Waals surface area contributed by atoms with Crippen molar-refractivity contribution in [1.82, 2.24) is 5.32 Å². The van der Waals surface area contributed by atoms with Crippen molar-refractivity contribution in [2.24, 2.45) is 5.92 Å². The Labute approximate surface area is 115 Å². The molecule has 0 radical (unpaired) electrons. The van der Waals surface area contributed by atoms with Crippen molar-refractivity contribution in [2.75, 3.05) is 6.54 Å². The smallest absolute Gasteiger partial charge is 0.303 e. The number of carbonyl (C=O) groups excluding carboxylic acids is 1. The first kappa shape index (κ1) is 14.7. The van der Waals surface area contributed by atoms with E-state index < -0.39 is 5.97 Å². The van der Waals surface area contributed by atoms with E-state index in [1.165, 1.54) is 0 Å². The zero-order valence-corrected chi connectivity index (χ0v) is 12.0. The predicted molar refractivity (Wildman–Crippen MR) is 72.6 cm³/mol. The molecule has 0 aliphatic rings. The second-order valence-corrected chi connectivity index (χ2v) is 5.29. The van der Waals surface area contributed by atoms with Crippen LogP contribution in [0.5, 0.6) is 0 Å². The number of nitrogens with one attached hydrogen (secondary N) is 1. The summed E-state index contributed by atoms with van der Waals surface area (Å²) in [6.45, 7) is 4.02. The lowest BCUT2D eigenvalue weighted by Crippen LogP contribution is -2.29. The summed E-state index contributed by atoms with van der Waals surface area (Å²) < 4.78 is 0.927. The Balaban J connectivity index is 2.58. The van der Waals surface area contributed by atoms with Gasteiger partial charge in [-0.2, -0.15) is 0 Å². The van der Waals surface area contributed by atoms with E-state index in [9.17, 15) is 9.59 Å². The van der Waals surface area contributed by atoms with E-state index in [0.29, 0.717) is 12.1 Å². The number of carbonyl (C=O) groups is 2. The van der Waals surface area contributed by atoms with Gasteiger partial charge >= 0.3 is 5.97 Å². The first-order chi connectivity index (χ1) is 8.40. The molecule has 1 unspecified atom stereocenters. The Kier molecular flexibility index (Phi) is 5.34.